The molecule has 0 aliphatic heterocycles. The van der Waals surface area contributed by atoms with E-state index in [1.54, 1.807) is 19.1 Å². The number of carbonyl (C=O) groups is 2. The minimum absolute atomic E-state index is 0.0396. The van der Waals surface area contributed by atoms with Gasteiger partial charge in [-0.1, -0.05) is 24.3 Å². The molecule has 0 aliphatic rings. The third-order valence-electron chi connectivity index (χ3n) is 4.42. The summed E-state index contributed by atoms with van der Waals surface area (Å²) in [6.07, 6.45) is 0.916. The number of rotatable bonds is 7. The van der Waals surface area contributed by atoms with E-state index in [1.165, 1.54) is 7.11 Å². The lowest BCUT2D eigenvalue weighted by atomic mass is 9.96. The van der Waals surface area contributed by atoms with Crippen LogP contribution in [0.4, 0.5) is 0 Å². The second-order valence-corrected chi connectivity index (χ2v) is 6.13. The molecule has 0 fully saturated rings. The number of benzene rings is 2. The van der Waals surface area contributed by atoms with Crippen LogP contribution in [-0.2, 0) is 14.3 Å². The van der Waals surface area contributed by atoms with Gasteiger partial charge in [0.15, 0.2) is 0 Å². The summed E-state index contributed by atoms with van der Waals surface area (Å²) < 4.78 is 9.85. The second kappa shape index (κ2) is 8.51. The number of esters is 1. The molecule has 0 spiro atoms. The Morgan fingerprint density at radius 2 is 1.76 bits per heavy atom. The second-order valence-electron chi connectivity index (χ2n) is 6.13. The Labute approximate surface area is 148 Å². The number of methoxy groups -OCH3 is 2. The molecule has 0 saturated carbocycles. The van der Waals surface area contributed by atoms with E-state index in [-0.39, 0.29) is 17.8 Å². The molecule has 0 N–H and O–H groups in total. The third-order valence-corrected chi connectivity index (χ3v) is 4.42. The molecule has 0 aliphatic carbocycles. The van der Waals surface area contributed by atoms with Crippen molar-refractivity contribution in [1.82, 2.24) is 4.90 Å². The fourth-order valence-corrected chi connectivity index (χ4v) is 2.78. The minimum atomic E-state index is -0.251. The SMILES string of the molecule is COC(=O)CCCN(C)C(=O)[C@@H](C)c1ccc2cc(OC)ccc2c1. The summed E-state index contributed by atoms with van der Waals surface area (Å²) in [5.41, 5.74) is 0.975. The molecule has 0 bridgehead atoms. The highest BCUT2D eigenvalue weighted by Crippen LogP contribution is 2.26. The first-order valence-corrected chi connectivity index (χ1v) is 8.35. The van der Waals surface area contributed by atoms with Crippen molar-refractivity contribution in [3.63, 3.8) is 0 Å². The highest BCUT2D eigenvalue weighted by Gasteiger charge is 2.19. The largest absolute Gasteiger partial charge is 0.497 e. The Morgan fingerprint density at radius 3 is 2.44 bits per heavy atom. The molecule has 2 aromatic rings. The first-order chi connectivity index (χ1) is 12.0. The van der Waals surface area contributed by atoms with E-state index in [9.17, 15) is 9.59 Å². The van der Waals surface area contributed by atoms with E-state index < -0.39 is 0 Å². The van der Waals surface area contributed by atoms with Crippen molar-refractivity contribution in [2.24, 2.45) is 0 Å². The third kappa shape index (κ3) is 4.72. The van der Waals surface area contributed by atoms with Gasteiger partial charge >= 0.3 is 5.97 Å². The van der Waals surface area contributed by atoms with Crippen molar-refractivity contribution < 1.29 is 19.1 Å². The Kier molecular flexibility index (Phi) is 6.39. The molecule has 2 aromatic carbocycles. The number of likely N-dealkylation sites (N-methyl/N-ethyl adjacent to an activating group) is 1. The first-order valence-electron chi connectivity index (χ1n) is 8.35. The van der Waals surface area contributed by atoms with Gasteiger partial charge in [-0.3, -0.25) is 9.59 Å². The Balaban J connectivity index is 2.05. The van der Waals surface area contributed by atoms with Crippen LogP contribution in [0.2, 0.25) is 0 Å². The van der Waals surface area contributed by atoms with Crippen LogP contribution in [0.1, 0.15) is 31.2 Å². The molecule has 0 saturated heterocycles. The Bertz CT molecular complexity index is 756. The zero-order valence-electron chi connectivity index (χ0n) is 15.2. The van der Waals surface area contributed by atoms with Gasteiger partial charge in [0.05, 0.1) is 20.1 Å². The molecule has 134 valence electrons. The van der Waals surface area contributed by atoms with Gasteiger partial charge in [-0.25, -0.2) is 0 Å². The van der Waals surface area contributed by atoms with E-state index in [1.807, 2.05) is 43.3 Å². The van der Waals surface area contributed by atoms with Gasteiger partial charge in [0.1, 0.15) is 5.75 Å². The van der Waals surface area contributed by atoms with Crippen LogP contribution in [0, 0.1) is 0 Å². The number of hydrogen-bond acceptors (Lipinski definition) is 4. The molecule has 0 heterocycles. The maximum absolute atomic E-state index is 12.6. The summed E-state index contributed by atoms with van der Waals surface area (Å²) in [4.78, 5) is 25.4. The quantitative estimate of drug-likeness (QED) is 0.723. The van der Waals surface area contributed by atoms with Crippen molar-refractivity contribution in [1.29, 1.82) is 0 Å². The average molecular weight is 343 g/mol. The Morgan fingerprint density at radius 1 is 1.08 bits per heavy atom. The average Bonchev–Trinajstić information content (AvgIpc) is 2.65. The maximum atomic E-state index is 12.6. The van der Waals surface area contributed by atoms with E-state index in [2.05, 4.69) is 4.74 Å². The first kappa shape index (κ1) is 18.8. The molecule has 1 amide bonds. The predicted octanol–water partition coefficient (Wildman–Crippen LogP) is 3.36. The van der Waals surface area contributed by atoms with Crippen molar-refractivity contribution in [3.05, 3.63) is 42.0 Å². The summed E-state index contributed by atoms with van der Waals surface area (Å²) in [5.74, 6) is 0.362. The monoisotopic (exact) mass is 343 g/mol. The van der Waals surface area contributed by atoms with Crippen molar-refractivity contribution in [3.8, 4) is 5.75 Å². The van der Waals surface area contributed by atoms with Gasteiger partial charge in [-0.05, 0) is 41.8 Å². The normalized spacial score (nSPS) is 11.8. The van der Waals surface area contributed by atoms with Gasteiger partial charge in [-0.15, -0.1) is 0 Å². The molecular weight excluding hydrogens is 318 g/mol. The lowest BCUT2D eigenvalue weighted by Crippen LogP contribution is -2.31. The summed E-state index contributed by atoms with van der Waals surface area (Å²) >= 11 is 0. The number of carbonyl (C=O) groups excluding carboxylic acids is 2. The van der Waals surface area contributed by atoms with Crippen molar-refractivity contribution >= 4 is 22.6 Å². The van der Waals surface area contributed by atoms with E-state index >= 15 is 0 Å². The van der Waals surface area contributed by atoms with E-state index in [0.29, 0.717) is 19.4 Å². The summed E-state index contributed by atoms with van der Waals surface area (Å²) in [5, 5.41) is 2.15. The fraction of sp³-hybridized carbons (Fsp3) is 0.400. The van der Waals surface area contributed by atoms with E-state index in [0.717, 1.165) is 22.1 Å². The zero-order valence-corrected chi connectivity index (χ0v) is 15.2. The van der Waals surface area contributed by atoms with Crippen LogP contribution in [0.25, 0.3) is 10.8 Å². The van der Waals surface area contributed by atoms with Crippen LogP contribution in [0.5, 0.6) is 5.75 Å². The minimum Gasteiger partial charge on any atom is -0.497 e. The fourth-order valence-electron chi connectivity index (χ4n) is 2.78. The number of fused-ring (bicyclic) bond motifs is 1. The van der Waals surface area contributed by atoms with Crippen LogP contribution in [0.3, 0.4) is 0 Å². The lowest BCUT2D eigenvalue weighted by molar-refractivity contribution is -0.141. The zero-order chi connectivity index (χ0) is 18.4. The van der Waals surface area contributed by atoms with Gasteiger partial charge in [0, 0.05) is 20.0 Å². The maximum Gasteiger partial charge on any atom is 0.305 e. The predicted molar refractivity (Wildman–Crippen MR) is 97.8 cm³/mol. The molecule has 0 radical (unpaired) electrons. The van der Waals surface area contributed by atoms with Gasteiger partial charge in [0.2, 0.25) is 5.91 Å². The molecule has 5 heteroatoms. The molecule has 5 nitrogen and oxygen atoms in total. The van der Waals surface area contributed by atoms with Crippen LogP contribution in [-0.4, -0.2) is 44.6 Å². The molecule has 25 heavy (non-hydrogen) atoms. The number of amides is 1. The van der Waals surface area contributed by atoms with Crippen molar-refractivity contribution in [2.45, 2.75) is 25.7 Å². The van der Waals surface area contributed by atoms with Crippen LogP contribution < -0.4 is 4.74 Å². The topological polar surface area (TPSA) is 55.8 Å². The highest BCUT2D eigenvalue weighted by molar-refractivity contribution is 5.88. The number of nitrogens with zero attached hydrogens (tertiary/aromatic N) is 1. The molecule has 2 rings (SSSR count). The number of hydrogen-bond donors (Lipinski definition) is 0. The van der Waals surface area contributed by atoms with Crippen LogP contribution >= 0.6 is 0 Å². The summed E-state index contributed by atoms with van der Waals surface area (Å²) in [7, 11) is 4.78. The number of ether oxygens (including phenoxy) is 2. The summed E-state index contributed by atoms with van der Waals surface area (Å²) in [6, 6.07) is 11.9. The Hall–Kier alpha value is -2.56. The molecule has 1 atom stereocenters. The van der Waals surface area contributed by atoms with E-state index in [4.69, 9.17) is 4.74 Å². The highest BCUT2D eigenvalue weighted by atomic mass is 16.5. The molecule has 0 aromatic heterocycles. The standard InChI is InChI=1S/C20H25NO4/c1-14(20(23)21(2)11-5-6-19(22)25-4)15-7-8-17-13-18(24-3)10-9-16(17)12-15/h7-10,12-14H,5-6,11H2,1-4H3/t14-/m0/s1. The summed E-state index contributed by atoms with van der Waals surface area (Å²) in [6.45, 7) is 2.44. The smallest absolute Gasteiger partial charge is 0.305 e. The lowest BCUT2D eigenvalue weighted by Gasteiger charge is -2.22. The van der Waals surface area contributed by atoms with Gasteiger partial charge < -0.3 is 14.4 Å². The van der Waals surface area contributed by atoms with Crippen molar-refractivity contribution in [2.75, 3.05) is 27.8 Å². The van der Waals surface area contributed by atoms with Gasteiger partial charge in [-0.2, -0.15) is 0 Å². The van der Waals surface area contributed by atoms with Crippen LogP contribution in [0.15, 0.2) is 36.4 Å². The van der Waals surface area contributed by atoms with Gasteiger partial charge in [0.25, 0.3) is 0 Å². The molecular formula is C20H25NO4. The molecule has 0 unspecified atom stereocenters.